The van der Waals surface area contributed by atoms with Gasteiger partial charge in [-0.1, -0.05) is 17.7 Å². The van der Waals surface area contributed by atoms with Crippen molar-refractivity contribution in [1.82, 2.24) is 15.0 Å². The number of H-pyrrole nitrogens is 1. The standard InChI is InChI=1S/C13H11ClN4OS/c1-7-2-3-9-11(17-6-18-12(9)19)10(7)15-4-8-5-16-13(14)20-8/h2-3,5-6,15H,4H2,1H3,(H,17,18,19). The number of nitrogens with zero attached hydrogens (tertiary/aromatic N) is 2. The van der Waals surface area contributed by atoms with Crippen molar-refractivity contribution < 1.29 is 0 Å². The predicted molar refractivity (Wildman–Crippen MR) is 81.6 cm³/mol. The van der Waals surface area contributed by atoms with Gasteiger partial charge in [0, 0.05) is 11.1 Å². The Hall–Kier alpha value is -1.92. The molecule has 0 radical (unpaired) electrons. The molecule has 0 fully saturated rings. The Morgan fingerprint density at radius 3 is 3.00 bits per heavy atom. The van der Waals surface area contributed by atoms with Crippen LogP contribution in [-0.2, 0) is 6.54 Å². The van der Waals surface area contributed by atoms with Gasteiger partial charge in [-0.05, 0) is 18.6 Å². The van der Waals surface area contributed by atoms with Crippen molar-refractivity contribution >= 4 is 39.5 Å². The minimum atomic E-state index is -0.140. The molecule has 0 saturated carbocycles. The maximum atomic E-state index is 11.8. The third-order valence-corrected chi connectivity index (χ3v) is 4.10. The van der Waals surface area contributed by atoms with Crippen LogP contribution in [0.2, 0.25) is 4.47 Å². The number of thiazole rings is 1. The van der Waals surface area contributed by atoms with Crippen LogP contribution >= 0.6 is 22.9 Å². The van der Waals surface area contributed by atoms with Gasteiger partial charge in [0.15, 0.2) is 4.47 Å². The Kier molecular flexibility index (Phi) is 3.42. The summed E-state index contributed by atoms with van der Waals surface area (Å²) in [6.45, 7) is 2.57. The third-order valence-electron chi connectivity index (χ3n) is 2.98. The number of fused-ring (bicyclic) bond motifs is 1. The van der Waals surface area contributed by atoms with Crippen molar-refractivity contribution in [3.8, 4) is 0 Å². The molecule has 0 aliphatic rings. The van der Waals surface area contributed by atoms with E-state index in [0.717, 1.165) is 16.1 Å². The zero-order valence-electron chi connectivity index (χ0n) is 10.6. The van der Waals surface area contributed by atoms with E-state index in [1.54, 1.807) is 12.3 Å². The molecule has 0 aliphatic carbocycles. The van der Waals surface area contributed by atoms with Gasteiger partial charge in [-0.25, -0.2) is 9.97 Å². The van der Waals surface area contributed by atoms with Crippen molar-refractivity contribution in [2.45, 2.75) is 13.5 Å². The number of hydrogen-bond acceptors (Lipinski definition) is 5. The number of aromatic nitrogens is 3. The Bertz CT molecular complexity index is 827. The lowest BCUT2D eigenvalue weighted by atomic mass is 10.1. The molecule has 0 saturated heterocycles. The smallest absolute Gasteiger partial charge is 0.258 e. The summed E-state index contributed by atoms with van der Waals surface area (Å²) in [5, 5.41) is 3.88. The van der Waals surface area contributed by atoms with Gasteiger partial charge >= 0.3 is 0 Å². The van der Waals surface area contributed by atoms with Gasteiger partial charge in [-0.3, -0.25) is 4.79 Å². The number of halogens is 1. The second-order valence-electron chi connectivity index (χ2n) is 4.32. The Morgan fingerprint density at radius 2 is 2.25 bits per heavy atom. The van der Waals surface area contributed by atoms with Crippen LogP contribution in [0.15, 0.2) is 29.5 Å². The maximum Gasteiger partial charge on any atom is 0.258 e. The van der Waals surface area contributed by atoms with E-state index in [1.807, 2.05) is 13.0 Å². The highest BCUT2D eigenvalue weighted by Crippen LogP contribution is 2.25. The molecule has 0 unspecified atom stereocenters. The largest absolute Gasteiger partial charge is 0.378 e. The van der Waals surface area contributed by atoms with E-state index in [2.05, 4.69) is 20.3 Å². The summed E-state index contributed by atoms with van der Waals surface area (Å²) >= 11 is 7.24. The number of benzene rings is 1. The van der Waals surface area contributed by atoms with Gasteiger partial charge in [0.2, 0.25) is 0 Å². The lowest BCUT2D eigenvalue weighted by molar-refractivity contribution is 1.14. The Balaban J connectivity index is 2.00. The van der Waals surface area contributed by atoms with E-state index in [0.29, 0.717) is 21.9 Å². The summed E-state index contributed by atoms with van der Waals surface area (Å²) < 4.78 is 0.519. The lowest BCUT2D eigenvalue weighted by Gasteiger charge is -2.10. The number of hydrogen-bond donors (Lipinski definition) is 2. The topological polar surface area (TPSA) is 70.7 Å². The molecule has 3 aromatic rings. The van der Waals surface area contributed by atoms with E-state index >= 15 is 0 Å². The highest BCUT2D eigenvalue weighted by Gasteiger charge is 2.09. The van der Waals surface area contributed by atoms with E-state index in [-0.39, 0.29) is 5.56 Å². The first-order chi connectivity index (χ1) is 9.65. The lowest BCUT2D eigenvalue weighted by Crippen LogP contribution is -2.09. The van der Waals surface area contributed by atoms with Gasteiger partial charge in [-0.15, -0.1) is 11.3 Å². The SMILES string of the molecule is Cc1ccc2c(=O)[nH]cnc2c1NCc1cnc(Cl)s1. The molecule has 5 nitrogen and oxygen atoms in total. The van der Waals surface area contributed by atoms with Crippen molar-refractivity contribution in [2.24, 2.45) is 0 Å². The average Bonchev–Trinajstić information content (AvgIpc) is 2.84. The molecule has 20 heavy (non-hydrogen) atoms. The summed E-state index contributed by atoms with van der Waals surface area (Å²) in [6.07, 6.45) is 3.15. The minimum Gasteiger partial charge on any atom is -0.378 e. The Labute approximate surface area is 123 Å². The first-order valence-corrected chi connectivity index (χ1v) is 7.15. The zero-order chi connectivity index (χ0) is 14.1. The molecule has 102 valence electrons. The van der Waals surface area contributed by atoms with Crippen molar-refractivity contribution in [3.63, 3.8) is 0 Å². The summed E-state index contributed by atoms with van der Waals surface area (Å²) in [7, 11) is 0. The molecule has 0 atom stereocenters. The van der Waals surface area contributed by atoms with Gasteiger partial charge in [-0.2, -0.15) is 0 Å². The molecule has 0 amide bonds. The summed E-state index contributed by atoms with van der Waals surface area (Å²) in [5.74, 6) is 0. The first-order valence-electron chi connectivity index (χ1n) is 5.96. The maximum absolute atomic E-state index is 11.8. The second-order valence-corrected chi connectivity index (χ2v) is 6.02. The minimum absolute atomic E-state index is 0.140. The van der Waals surface area contributed by atoms with Crippen LogP contribution in [0.3, 0.4) is 0 Å². The second kappa shape index (κ2) is 5.22. The van der Waals surface area contributed by atoms with Gasteiger partial charge in [0.25, 0.3) is 5.56 Å². The molecule has 3 rings (SSSR count). The van der Waals surface area contributed by atoms with Crippen LogP contribution in [-0.4, -0.2) is 15.0 Å². The van der Waals surface area contributed by atoms with Crippen molar-refractivity contribution in [3.05, 3.63) is 49.9 Å². The van der Waals surface area contributed by atoms with E-state index in [4.69, 9.17) is 11.6 Å². The average molecular weight is 307 g/mol. The quantitative estimate of drug-likeness (QED) is 0.780. The number of rotatable bonds is 3. The first kappa shape index (κ1) is 13.1. The highest BCUT2D eigenvalue weighted by atomic mass is 35.5. The van der Waals surface area contributed by atoms with Crippen LogP contribution < -0.4 is 10.9 Å². The Morgan fingerprint density at radius 1 is 1.40 bits per heavy atom. The molecular formula is C13H11ClN4OS. The molecule has 1 aromatic carbocycles. The predicted octanol–water partition coefficient (Wildman–Crippen LogP) is 2.95. The van der Waals surface area contributed by atoms with E-state index in [9.17, 15) is 4.79 Å². The molecule has 2 heterocycles. The summed E-state index contributed by atoms with van der Waals surface area (Å²) in [6, 6.07) is 3.69. The molecule has 0 bridgehead atoms. The van der Waals surface area contributed by atoms with Crippen molar-refractivity contribution in [1.29, 1.82) is 0 Å². The van der Waals surface area contributed by atoms with Crippen LogP contribution in [0.1, 0.15) is 10.4 Å². The highest BCUT2D eigenvalue weighted by molar-refractivity contribution is 7.15. The molecule has 0 spiro atoms. The van der Waals surface area contributed by atoms with E-state index in [1.165, 1.54) is 17.7 Å². The van der Waals surface area contributed by atoms with Crippen LogP contribution in [0.25, 0.3) is 10.9 Å². The fourth-order valence-corrected chi connectivity index (χ4v) is 2.92. The third kappa shape index (κ3) is 2.39. The number of aromatic amines is 1. The molecule has 0 aliphatic heterocycles. The summed E-state index contributed by atoms with van der Waals surface area (Å²) in [4.78, 5) is 23.6. The number of aryl methyl sites for hydroxylation is 1. The molecule has 2 N–H and O–H groups in total. The van der Waals surface area contributed by atoms with Gasteiger partial charge in [0.1, 0.15) is 5.52 Å². The fraction of sp³-hybridized carbons (Fsp3) is 0.154. The normalized spacial score (nSPS) is 10.9. The van der Waals surface area contributed by atoms with Crippen LogP contribution in [0.5, 0.6) is 0 Å². The molecular weight excluding hydrogens is 296 g/mol. The number of anilines is 1. The monoisotopic (exact) mass is 306 g/mol. The number of nitrogens with one attached hydrogen (secondary N) is 2. The van der Waals surface area contributed by atoms with Gasteiger partial charge in [0.05, 0.1) is 23.9 Å². The summed E-state index contributed by atoms with van der Waals surface area (Å²) in [5.41, 5.74) is 2.42. The zero-order valence-corrected chi connectivity index (χ0v) is 12.2. The fourth-order valence-electron chi connectivity index (χ4n) is 2.01. The van der Waals surface area contributed by atoms with Gasteiger partial charge < -0.3 is 10.3 Å². The molecule has 2 aromatic heterocycles. The van der Waals surface area contributed by atoms with E-state index < -0.39 is 0 Å². The molecule has 7 heteroatoms. The van der Waals surface area contributed by atoms with Crippen molar-refractivity contribution in [2.75, 3.05) is 5.32 Å². The van der Waals surface area contributed by atoms with Crippen LogP contribution in [0.4, 0.5) is 5.69 Å². The van der Waals surface area contributed by atoms with Crippen LogP contribution in [0, 0.1) is 6.92 Å².